The van der Waals surface area contributed by atoms with Crippen LogP contribution >= 0.6 is 0 Å². The zero-order valence-corrected chi connectivity index (χ0v) is 46.4. The van der Waals surface area contributed by atoms with E-state index in [0.717, 1.165) is 57.8 Å². The van der Waals surface area contributed by atoms with E-state index in [1.807, 2.05) is 0 Å². The smallest absolute Gasteiger partial charge is 0.305 e. The van der Waals surface area contributed by atoms with Crippen molar-refractivity contribution in [3.63, 3.8) is 0 Å². The van der Waals surface area contributed by atoms with E-state index in [1.165, 1.54) is 270 Å². The minimum absolute atomic E-state index is 0.00713. The fourth-order valence-electron chi connectivity index (χ4n) is 10.1. The molecule has 0 heterocycles. The third-order valence-corrected chi connectivity index (χ3v) is 14.9. The zero-order chi connectivity index (χ0) is 49.3. The van der Waals surface area contributed by atoms with Crippen molar-refractivity contribution in [2.24, 2.45) is 0 Å². The number of hydrogen-bond donors (Lipinski definition) is 3. The first-order chi connectivity index (χ1) is 33.5. The Kier molecular flexibility index (Phi) is 57.5. The van der Waals surface area contributed by atoms with Gasteiger partial charge < -0.3 is 20.3 Å². The summed E-state index contributed by atoms with van der Waals surface area (Å²) in [6, 6.07) is -0.555. The second-order valence-corrected chi connectivity index (χ2v) is 21.8. The van der Waals surface area contributed by atoms with Gasteiger partial charge in [-0.1, -0.05) is 322 Å². The van der Waals surface area contributed by atoms with E-state index in [9.17, 15) is 19.8 Å². The molecular formula is C62H123NO5. The quantitative estimate of drug-likeness (QED) is 0.0417. The maximum absolute atomic E-state index is 12.5. The average molecular weight is 963 g/mol. The van der Waals surface area contributed by atoms with E-state index < -0.39 is 12.1 Å². The Labute approximate surface area is 426 Å². The summed E-state index contributed by atoms with van der Waals surface area (Å²) in [5, 5.41) is 23.4. The highest BCUT2D eigenvalue weighted by molar-refractivity contribution is 5.76. The molecule has 3 N–H and O–H groups in total. The normalized spacial score (nSPS) is 12.5. The van der Waals surface area contributed by atoms with E-state index >= 15 is 0 Å². The number of hydrogen-bond acceptors (Lipinski definition) is 5. The summed E-state index contributed by atoms with van der Waals surface area (Å²) in [6.07, 6.45) is 68.2. The standard InChI is InChI=1S/C62H123NO5/c1-3-5-7-9-11-13-15-17-19-21-23-24-26-27-29-31-34-38-42-46-50-54-60(65)59(58-64)63-61(66)55-51-47-43-39-35-33-37-41-45-49-53-57-68-62(67)56-52-48-44-40-36-32-30-28-25-22-20-18-16-14-12-10-8-6-4-2/h59-60,64-65H,3-58H2,1-2H3,(H,63,66). The molecular weight excluding hydrogens is 839 g/mol. The summed E-state index contributed by atoms with van der Waals surface area (Å²) in [5.74, 6) is -0.0557. The van der Waals surface area contributed by atoms with Gasteiger partial charge in [0.2, 0.25) is 5.91 Å². The molecule has 0 aromatic rings. The Morgan fingerprint density at radius 1 is 0.353 bits per heavy atom. The first kappa shape index (κ1) is 66.9. The highest BCUT2D eigenvalue weighted by atomic mass is 16.5. The third-order valence-electron chi connectivity index (χ3n) is 14.9. The molecule has 0 aliphatic heterocycles. The Morgan fingerprint density at radius 2 is 0.603 bits per heavy atom. The van der Waals surface area contributed by atoms with E-state index in [0.29, 0.717) is 25.9 Å². The number of esters is 1. The second-order valence-electron chi connectivity index (χ2n) is 21.8. The number of ether oxygens (including phenoxy) is 1. The Morgan fingerprint density at radius 3 is 0.897 bits per heavy atom. The molecule has 2 atom stereocenters. The zero-order valence-electron chi connectivity index (χ0n) is 46.4. The summed E-state index contributed by atoms with van der Waals surface area (Å²) in [4.78, 5) is 24.6. The number of carbonyl (C=O) groups is 2. The molecule has 6 nitrogen and oxygen atoms in total. The molecule has 0 bridgehead atoms. The lowest BCUT2D eigenvalue weighted by Gasteiger charge is -2.22. The van der Waals surface area contributed by atoms with Gasteiger partial charge in [-0.25, -0.2) is 0 Å². The first-order valence-electron chi connectivity index (χ1n) is 31.3. The Bertz CT molecular complexity index is 975. The fourth-order valence-corrected chi connectivity index (χ4v) is 10.1. The van der Waals surface area contributed by atoms with Crippen LogP contribution in [-0.4, -0.2) is 47.4 Å². The molecule has 0 radical (unpaired) electrons. The van der Waals surface area contributed by atoms with Crippen molar-refractivity contribution < 1.29 is 24.5 Å². The van der Waals surface area contributed by atoms with Crippen molar-refractivity contribution in [3.05, 3.63) is 0 Å². The lowest BCUT2D eigenvalue weighted by molar-refractivity contribution is -0.143. The Hall–Kier alpha value is -1.14. The van der Waals surface area contributed by atoms with Gasteiger partial charge in [0.25, 0.3) is 0 Å². The number of rotatable bonds is 59. The third kappa shape index (κ3) is 54.2. The average Bonchev–Trinajstić information content (AvgIpc) is 3.34. The molecule has 406 valence electrons. The van der Waals surface area contributed by atoms with Crippen LogP contribution in [0.1, 0.15) is 361 Å². The SMILES string of the molecule is CCCCCCCCCCCCCCCCCCCCCCCC(O)C(CO)NC(=O)CCCCCCCCCCCCCOC(=O)CCCCCCCCCCCCCCCCCCCCC. The molecule has 0 aromatic carbocycles. The van der Waals surface area contributed by atoms with E-state index in [2.05, 4.69) is 19.2 Å². The molecule has 1 amide bonds. The van der Waals surface area contributed by atoms with Crippen LogP contribution in [0.25, 0.3) is 0 Å². The minimum atomic E-state index is -0.676. The lowest BCUT2D eigenvalue weighted by atomic mass is 10.0. The molecule has 0 fully saturated rings. The Balaban J connectivity index is 3.42. The topological polar surface area (TPSA) is 95.9 Å². The van der Waals surface area contributed by atoms with Crippen molar-refractivity contribution in [2.45, 2.75) is 373 Å². The number of aliphatic hydroxyl groups excluding tert-OH is 2. The van der Waals surface area contributed by atoms with Gasteiger partial charge in [0.05, 0.1) is 25.4 Å². The number of carbonyl (C=O) groups excluding carboxylic acids is 2. The number of amides is 1. The van der Waals surface area contributed by atoms with Crippen molar-refractivity contribution in [2.75, 3.05) is 13.2 Å². The molecule has 68 heavy (non-hydrogen) atoms. The number of aliphatic hydroxyl groups is 2. The van der Waals surface area contributed by atoms with Gasteiger partial charge in [0.15, 0.2) is 0 Å². The molecule has 6 heteroatoms. The van der Waals surface area contributed by atoms with Gasteiger partial charge in [0.1, 0.15) is 0 Å². The van der Waals surface area contributed by atoms with Crippen molar-refractivity contribution in [1.29, 1.82) is 0 Å². The van der Waals surface area contributed by atoms with E-state index in [-0.39, 0.29) is 18.5 Å². The maximum Gasteiger partial charge on any atom is 0.305 e. The largest absolute Gasteiger partial charge is 0.466 e. The second kappa shape index (κ2) is 58.4. The highest BCUT2D eigenvalue weighted by Gasteiger charge is 2.20. The van der Waals surface area contributed by atoms with Crippen molar-refractivity contribution >= 4 is 11.9 Å². The van der Waals surface area contributed by atoms with Gasteiger partial charge in [-0.15, -0.1) is 0 Å². The van der Waals surface area contributed by atoms with Gasteiger partial charge in [-0.05, 0) is 25.7 Å². The monoisotopic (exact) mass is 962 g/mol. The van der Waals surface area contributed by atoms with Crippen LogP contribution in [0.5, 0.6) is 0 Å². The first-order valence-corrected chi connectivity index (χ1v) is 31.3. The van der Waals surface area contributed by atoms with Crippen LogP contribution < -0.4 is 5.32 Å². The van der Waals surface area contributed by atoms with Crippen molar-refractivity contribution in [3.8, 4) is 0 Å². The molecule has 0 saturated heterocycles. The van der Waals surface area contributed by atoms with Crippen LogP contribution in [0.15, 0.2) is 0 Å². The summed E-state index contributed by atoms with van der Waals surface area (Å²) in [6.45, 7) is 4.96. The molecule has 0 aliphatic rings. The van der Waals surface area contributed by atoms with Gasteiger partial charge in [-0.3, -0.25) is 9.59 Å². The molecule has 0 aliphatic carbocycles. The molecule has 2 unspecified atom stereocenters. The van der Waals surface area contributed by atoms with Crippen molar-refractivity contribution in [1.82, 2.24) is 5.32 Å². The molecule has 0 saturated carbocycles. The van der Waals surface area contributed by atoms with E-state index in [4.69, 9.17) is 4.74 Å². The van der Waals surface area contributed by atoms with Gasteiger partial charge in [-0.2, -0.15) is 0 Å². The summed E-state index contributed by atoms with van der Waals surface area (Å²) in [5.41, 5.74) is 0. The predicted molar refractivity (Wildman–Crippen MR) is 297 cm³/mol. The summed E-state index contributed by atoms with van der Waals surface area (Å²) >= 11 is 0. The van der Waals surface area contributed by atoms with Crippen LogP contribution in [0.4, 0.5) is 0 Å². The molecule has 0 spiro atoms. The minimum Gasteiger partial charge on any atom is -0.466 e. The van der Waals surface area contributed by atoms with Crippen LogP contribution in [0.2, 0.25) is 0 Å². The van der Waals surface area contributed by atoms with Gasteiger partial charge in [0, 0.05) is 12.8 Å². The van der Waals surface area contributed by atoms with Crippen LogP contribution in [0, 0.1) is 0 Å². The maximum atomic E-state index is 12.5. The molecule has 0 aromatic heterocycles. The summed E-state index contributed by atoms with van der Waals surface area (Å²) < 4.78 is 5.49. The number of unbranched alkanes of at least 4 members (excludes halogenated alkanes) is 48. The fraction of sp³-hybridized carbons (Fsp3) is 0.968. The lowest BCUT2D eigenvalue weighted by Crippen LogP contribution is -2.45. The predicted octanol–water partition coefficient (Wildman–Crippen LogP) is 19.5. The van der Waals surface area contributed by atoms with Gasteiger partial charge >= 0.3 is 5.97 Å². The molecule has 0 rings (SSSR count). The highest BCUT2D eigenvalue weighted by Crippen LogP contribution is 2.19. The summed E-state index contributed by atoms with van der Waals surface area (Å²) in [7, 11) is 0. The number of nitrogens with one attached hydrogen (secondary N) is 1. The van der Waals surface area contributed by atoms with Crippen LogP contribution in [0.3, 0.4) is 0 Å². The van der Waals surface area contributed by atoms with E-state index in [1.54, 1.807) is 0 Å². The van der Waals surface area contributed by atoms with Crippen LogP contribution in [-0.2, 0) is 14.3 Å².